The molecule has 1 aromatic heterocycles. The van der Waals surface area contributed by atoms with Crippen molar-refractivity contribution in [3.05, 3.63) is 76.6 Å². The maximum atomic E-state index is 12.4. The zero-order chi connectivity index (χ0) is 25.9. The summed E-state index contributed by atoms with van der Waals surface area (Å²) in [6, 6.07) is 13.7. The normalized spacial score (nSPS) is 10.9. The van der Waals surface area contributed by atoms with E-state index in [1.165, 1.54) is 17.8 Å². The molecule has 2 aromatic carbocycles. The van der Waals surface area contributed by atoms with E-state index in [0.29, 0.717) is 40.4 Å². The van der Waals surface area contributed by atoms with Gasteiger partial charge >= 0.3 is 5.97 Å². The van der Waals surface area contributed by atoms with Gasteiger partial charge in [-0.05, 0) is 55.8 Å². The van der Waals surface area contributed by atoms with Gasteiger partial charge in [0.15, 0.2) is 11.0 Å². The molecule has 0 saturated heterocycles. The lowest BCUT2D eigenvalue weighted by atomic mass is 10.2. The Balaban J connectivity index is 1.50. The maximum Gasteiger partial charge on any atom is 0.338 e. The Bertz CT molecular complexity index is 1240. The van der Waals surface area contributed by atoms with Gasteiger partial charge in [-0.15, -0.1) is 10.2 Å². The van der Waals surface area contributed by atoms with Crippen LogP contribution in [0.5, 0.6) is 0 Å². The van der Waals surface area contributed by atoms with Crippen molar-refractivity contribution in [1.82, 2.24) is 20.1 Å². The molecular weight excluding hydrogens is 502 g/mol. The third-order valence-corrected chi connectivity index (χ3v) is 6.17. The summed E-state index contributed by atoms with van der Waals surface area (Å²) in [6.07, 6.45) is 3.06. The number of hydrogen-bond donors (Lipinski definition) is 2. The number of thioether (sulfide) groups is 1. The molecule has 36 heavy (non-hydrogen) atoms. The van der Waals surface area contributed by atoms with Crippen molar-refractivity contribution < 1.29 is 19.1 Å². The summed E-state index contributed by atoms with van der Waals surface area (Å²) in [5.74, 6) is -0.231. The second-order valence-electron chi connectivity index (χ2n) is 7.35. The molecule has 0 bridgehead atoms. The molecule has 0 radical (unpaired) electrons. The summed E-state index contributed by atoms with van der Waals surface area (Å²) in [6.45, 7) is 4.73. The van der Waals surface area contributed by atoms with E-state index in [-0.39, 0.29) is 24.1 Å². The first-order valence-corrected chi connectivity index (χ1v) is 12.6. The van der Waals surface area contributed by atoms with Crippen molar-refractivity contribution in [2.24, 2.45) is 0 Å². The number of aromatic nitrogens is 3. The molecule has 2 amide bonds. The third kappa shape index (κ3) is 7.69. The fourth-order valence-corrected chi connectivity index (χ4v) is 4.13. The number of halogens is 1. The van der Waals surface area contributed by atoms with E-state index >= 15 is 0 Å². The first-order valence-electron chi connectivity index (χ1n) is 11.2. The first-order chi connectivity index (χ1) is 17.4. The van der Waals surface area contributed by atoms with Crippen molar-refractivity contribution in [2.45, 2.75) is 32.1 Å². The lowest BCUT2D eigenvalue weighted by Gasteiger charge is -2.08. The van der Waals surface area contributed by atoms with Crippen LogP contribution in [0.3, 0.4) is 0 Å². The van der Waals surface area contributed by atoms with Crippen LogP contribution in [0.1, 0.15) is 35.6 Å². The molecule has 0 fully saturated rings. The van der Waals surface area contributed by atoms with Crippen LogP contribution >= 0.6 is 23.4 Å². The summed E-state index contributed by atoms with van der Waals surface area (Å²) in [5.41, 5.74) is 1.73. The third-order valence-electron chi connectivity index (χ3n) is 4.86. The number of rotatable bonds is 11. The van der Waals surface area contributed by atoms with E-state index < -0.39 is 5.97 Å². The number of anilines is 1. The minimum absolute atomic E-state index is 0.116. The molecule has 188 valence electrons. The van der Waals surface area contributed by atoms with Crippen LogP contribution in [0.4, 0.5) is 5.69 Å². The molecule has 0 unspecified atom stereocenters. The highest BCUT2D eigenvalue weighted by Gasteiger charge is 2.14. The van der Waals surface area contributed by atoms with Gasteiger partial charge in [0.05, 0.1) is 24.5 Å². The summed E-state index contributed by atoms with van der Waals surface area (Å²) < 4.78 is 6.79. The van der Waals surface area contributed by atoms with E-state index in [2.05, 4.69) is 20.8 Å². The van der Waals surface area contributed by atoms with E-state index in [4.69, 9.17) is 16.3 Å². The fourth-order valence-electron chi connectivity index (χ4n) is 3.11. The highest BCUT2D eigenvalue weighted by atomic mass is 35.5. The smallest absolute Gasteiger partial charge is 0.338 e. The number of esters is 1. The van der Waals surface area contributed by atoms with Gasteiger partial charge in [0, 0.05) is 23.3 Å². The molecule has 0 aliphatic heterocycles. The number of hydrogen-bond acceptors (Lipinski definition) is 7. The second kappa shape index (κ2) is 13.5. The Morgan fingerprint density at radius 3 is 2.53 bits per heavy atom. The number of amides is 2. The Kier molecular flexibility index (Phi) is 10.1. The lowest BCUT2D eigenvalue weighted by Crippen LogP contribution is -2.22. The Morgan fingerprint density at radius 1 is 1.08 bits per heavy atom. The zero-order valence-corrected chi connectivity index (χ0v) is 21.4. The highest BCUT2D eigenvalue weighted by molar-refractivity contribution is 7.99. The van der Waals surface area contributed by atoms with E-state index in [9.17, 15) is 14.4 Å². The standard InChI is InChI=1S/C25H26ClN5O4S/c1-3-31-21(15-27-22(32)14-11-17-7-5-6-8-20(17)26)29-30-25(31)36-16-23(33)28-19-12-9-18(10-13-19)24(34)35-4-2/h5-14H,3-4,15-16H2,1-2H3,(H,27,32)(H,28,33)/b14-11+. The van der Waals surface area contributed by atoms with Crippen LogP contribution in [0, 0.1) is 0 Å². The van der Waals surface area contributed by atoms with Gasteiger partial charge in [0.25, 0.3) is 0 Å². The molecule has 0 aliphatic carbocycles. The van der Waals surface area contributed by atoms with E-state index in [1.807, 2.05) is 29.7 Å². The van der Waals surface area contributed by atoms with E-state index in [0.717, 1.165) is 5.56 Å². The van der Waals surface area contributed by atoms with Gasteiger partial charge in [-0.2, -0.15) is 0 Å². The molecule has 0 spiro atoms. The van der Waals surface area contributed by atoms with Gasteiger partial charge in [0.1, 0.15) is 0 Å². The first kappa shape index (κ1) is 27.0. The maximum absolute atomic E-state index is 12.4. The quantitative estimate of drug-likeness (QED) is 0.218. The van der Waals surface area contributed by atoms with Gasteiger partial charge in [-0.25, -0.2) is 4.79 Å². The van der Waals surface area contributed by atoms with Gasteiger partial charge in [-0.3, -0.25) is 9.59 Å². The Labute approximate surface area is 218 Å². The van der Waals surface area contributed by atoms with Gasteiger partial charge < -0.3 is 19.9 Å². The van der Waals surface area contributed by atoms with Crippen molar-refractivity contribution in [1.29, 1.82) is 0 Å². The SMILES string of the molecule is CCOC(=O)c1ccc(NC(=O)CSc2nnc(CNC(=O)/C=C/c3ccccc3Cl)n2CC)cc1. The predicted octanol–water partition coefficient (Wildman–Crippen LogP) is 4.19. The summed E-state index contributed by atoms with van der Waals surface area (Å²) >= 11 is 7.34. The second-order valence-corrected chi connectivity index (χ2v) is 8.70. The molecule has 0 saturated carbocycles. The van der Waals surface area contributed by atoms with Crippen molar-refractivity contribution in [2.75, 3.05) is 17.7 Å². The molecular formula is C25H26ClN5O4S. The molecule has 3 aromatic rings. The van der Waals surface area contributed by atoms with Crippen LogP contribution in [0.25, 0.3) is 6.08 Å². The number of benzene rings is 2. The average molecular weight is 528 g/mol. The molecule has 2 N–H and O–H groups in total. The van der Waals surface area contributed by atoms with Gasteiger partial charge in [-0.1, -0.05) is 41.6 Å². The summed E-state index contributed by atoms with van der Waals surface area (Å²) in [5, 5.41) is 15.0. The van der Waals surface area contributed by atoms with Crippen molar-refractivity contribution >= 4 is 52.9 Å². The summed E-state index contributed by atoms with van der Waals surface area (Å²) in [7, 11) is 0. The van der Waals surface area contributed by atoms with Crippen LogP contribution in [0.2, 0.25) is 5.02 Å². The summed E-state index contributed by atoms with van der Waals surface area (Å²) in [4.78, 5) is 36.3. The van der Waals surface area contributed by atoms with Crippen LogP contribution in [0.15, 0.2) is 59.8 Å². The molecule has 0 aliphatic rings. The molecule has 0 atom stereocenters. The fraction of sp³-hybridized carbons (Fsp3) is 0.240. The Hall–Kier alpha value is -3.63. The molecule has 3 rings (SSSR count). The highest BCUT2D eigenvalue weighted by Crippen LogP contribution is 2.19. The number of ether oxygens (including phenoxy) is 1. The molecule has 11 heteroatoms. The number of nitrogens with one attached hydrogen (secondary N) is 2. The molecule has 1 heterocycles. The van der Waals surface area contributed by atoms with Crippen LogP contribution in [-0.4, -0.2) is 44.9 Å². The van der Waals surface area contributed by atoms with Crippen molar-refractivity contribution in [3.63, 3.8) is 0 Å². The largest absolute Gasteiger partial charge is 0.462 e. The predicted molar refractivity (Wildman–Crippen MR) is 140 cm³/mol. The topological polar surface area (TPSA) is 115 Å². The van der Waals surface area contributed by atoms with Gasteiger partial charge in [0.2, 0.25) is 11.8 Å². The average Bonchev–Trinajstić information content (AvgIpc) is 3.28. The molecule has 9 nitrogen and oxygen atoms in total. The number of carbonyl (C=O) groups is 3. The van der Waals surface area contributed by atoms with E-state index in [1.54, 1.807) is 43.3 Å². The van der Waals surface area contributed by atoms with Crippen LogP contribution in [-0.2, 0) is 27.4 Å². The minimum Gasteiger partial charge on any atom is -0.462 e. The zero-order valence-electron chi connectivity index (χ0n) is 19.9. The number of nitrogens with zero attached hydrogens (tertiary/aromatic N) is 3. The minimum atomic E-state index is -0.409. The number of carbonyl (C=O) groups excluding carboxylic acids is 3. The monoisotopic (exact) mass is 527 g/mol. The van der Waals surface area contributed by atoms with Crippen molar-refractivity contribution in [3.8, 4) is 0 Å². The lowest BCUT2D eigenvalue weighted by molar-refractivity contribution is -0.116. The Morgan fingerprint density at radius 2 is 1.83 bits per heavy atom. The van der Waals surface area contributed by atoms with Crippen LogP contribution < -0.4 is 10.6 Å².